The molecule has 0 aliphatic carbocycles. The molecule has 0 radical (unpaired) electrons. The molecule has 6 aromatic rings. The predicted molar refractivity (Wildman–Crippen MR) is 117 cm³/mol. The summed E-state index contributed by atoms with van der Waals surface area (Å²) in [6, 6.07) is 14.5. The zero-order valence-electron chi connectivity index (χ0n) is 16.2. The van der Waals surface area contributed by atoms with Crippen molar-refractivity contribution in [2.75, 3.05) is 0 Å². The van der Waals surface area contributed by atoms with Gasteiger partial charge in [0.05, 0.1) is 11.9 Å². The standard InChI is InChI=1S/C23H17N7/c1-30-13-16(12-26-30)15-8-19-22(28-29-23(19)25-11-15)21-9-18-17(5-2-6-20(18)27-21)14-4-3-7-24-10-14/h2-13,27H,1H3,(H,25,28,29). The van der Waals surface area contributed by atoms with Crippen molar-refractivity contribution >= 4 is 21.9 Å². The van der Waals surface area contributed by atoms with E-state index in [9.17, 15) is 0 Å². The molecule has 0 unspecified atom stereocenters. The fraction of sp³-hybridized carbons (Fsp3) is 0.0435. The number of hydrogen-bond acceptors (Lipinski definition) is 4. The molecule has 5 aromatic heterocycles. The Morgan fingerprint density at radius 2 is 1.87 bits per heavy atom. The summed E-state index contributed by atoms with van der Waals surface area (Å²) in [5.41, 5.74) is 7.84. The van der Waals surface area contributed by atoms with Crippen LogP contribution in [0.5, 0.6) is 0 Å². The van der Waals surface area contributed by atoms with Crippen LogP contribution in [0, 0.1) is 0 Å². The van der Waals surface area contributed by atoms with E-state index in [2.05, 4.69) is 66.6 Å². The highest BCUT2D eigenvalue weighted by molar-refractivity contribution is 6.01. The number of aromatic amines is 2. The summed E-state index contributed by atoms with van der Waals surface area (Å²) < 4.78 is 1.79. The van der Waals surface area contributed by atoms with E-state index in [0.717, 1.165) is 55.6 Å². The normalized spacial score (nSPS) is 11.5. The summed E-state index contributed by atoms with van der Waals surface area (Å²) in [4.78, 5) is 12.3. The lowest BCUT2D eigenvalue weighted by atomic mass is 10.0. The van der Waals surface area contributed by atoms with Gasteiger partial charge in [-0.2, -0.15) is 10.2 Å². The molecule has 0 aliphatic rings. The summed E-state index contributed by atoms with van der Waals surface area (Å²) in [6.45, 7) is 0. The molecule has 7 nitrogen and oxygen atoms in total. The largest absolute Gasteiger partial charge is 0.353 e. The molecule has 0 aliphatic heterocycles. The first-order valence-corrected chi connectivity index (χ1v) is 9.62. The lowest BCUT2D eigenvalue weighted by Crippen LogP contribution is -1.84. The van der Waals surface area contributed by atoms with Gasteiger partial charge in [0, 0.05) is 64.8 Å². The lowest BCUT2D eigenvalue weighted by molar-refractivity contribution is 0.768. The topological polar surface area (TPSA) is 88.1 Å². The number of pyridine rings is 2. The van der Waals surface area contributed by atoms with Crippen LogP contribution in [-0.2, 0) is 7.05 Å². The number of aryl methyl sites for hydroxylation is 1. The zero-order chi connectivity index (χ0) is 20.1. The third-order valence-electron chi connectivity index (χ3n) is 5.35. The highest BCUT2D eigenvalue weighted by atomic mass is 15.2. The van der Waals surface area contributed by atoms with Gasteiger partial charge in [0.25, 0.3) is 0 Å². The second-order valence-corrected chi connectivity index (χ2v) is 7.29. The minimum Gasteiger partial charge on any atom is -0.353 e. The monoisotopic (exact) mass is 391 g/mol. The molecule has 0 saturated heterocycles. The minimum atomic E-state index is 0.753. The molecule has 0 bridgehead atoms. The van der Waals surface area contributed by atoms with Gasteiger partial charge in [0.15, 0.2) is 5.65 Å². The van der Waals surface area contributed by atoms with Crippen LogP contribution in [0.2, 0.25) is 0 Å². The van der Waals surface area contributed by atoms with Crippen LogP contribution in [0.25, 0.3) is 55.6 Å². The summed E-state index contributed by atoms with van der Waals surface area (Å²) in [7, 11) is 1.91. The van der Waals surface area contributed by atoms with Crippen LogP contribution in [0.15, 0.2) is 73.4 Å². The van der Waals surface area contributed by atoms with Crippen molar-refractivity contribution in [3.8, 4) is 33.6 Å². The molecular formula is C23H17N7. The maximum Gasteiger partial charge on any atom is 0.155 e. The maximum absolute atomic E-state index is 4.55. The summed E-state index contributed by atoms with van der Waals surface area (Å²) in [6.07, 6.45) is 9.33. The number of fused-ring (bicyclic) bond motifs is 2. The number of benzene rings is 1. The fourth-order valence-electron chi connectivity index (χ4n) is 3.89. The van der Waals surface area contributed by atoms with E-state index in [1.165, 1.54) is 0 Å². The third-order valence-corrected chi connectivity index (χ3v) is 5.35. The van der Waals surface area contributed by atoms with E-state index in [4.69, 9.17) is 0 Å². The summed E-state index contributed by atoms with van der Waals surface area (Å²) in [5.74, 6) is 0. The van der Waals surface area contributed by atoms with Crippen LogP contribution in [-0.4, -0.2) is 34.9 Å². The summed E-state index contributed by atoms with van der Waals surface area (Å²) >= 11 is 0. The van der Waals surface area contributed by atoms with Crippen molar-refractivity contribution in [3.05, 3.63) is 73.4 Å². The Labute approximate surface area is 171 Å². The first kappa shape index (κ1) is 16.7. The maximum atomic E-state index is 4.55. The van der Waals surface area contributed by atoms with Gasteiger partial charge >= 0.3 is 0 Å². The van der Waals surface area contributed by atoms with Gasteiger partial charge in [0.1, 0.15) is 5.69 Å². The molecule has 0 amide bonds. The minimum absolute atomic E-state index is 0.753. The molecule has 0 spiro atoms. The van der Waals surface area contributed by atoms with Crippen LogP contribution in [0.3, 0.4) is 0 Å². The van der Waals surface area contributed by atoms with Crippen LogP contribution >= 0.6 is 0 Å². The van der Waals surface area contributed by atoms with Crippen molar-refractivity contribution in [1.82, 2.24) is 34.9 Å². The Hall–Kier alpha value is -4.26. The smallest absolute Gasteiger partial charge is 0.155 e. The number of aromatic nitrogens is 7. The molecule has 0 atom stereocenters. The first-order chi connectivity index (χ1) is 14.8. The van der Waals surface area contributed by atoms with Gasteiger partial charge in [-0.05, 0) is 29.8 Å². The molecule has 2 N–H and O–H groups in total. The number of nitrogens with one attached hydrogen (secondary N) is 2. The average molecular weight is 391 g/mol. The van der Waals surface area contributed by atoms with E-state index in [1.807, 2.05) is 37.9 Å². The van der Waals surface area contributed by atoms with Gasteiger partial charge < -0.3 is 4.98 Å². The molecular weight excluding hydrogens is 374 g/mol. The van der Waals surface area contributed by atoms with Crippen LogP contribution in [0.1, 0.15) is 0 Å². The Kier molecular flexibility index (Phi) is 3.55. The van der Waals surface area contributed by atoms with Crippen molar-refractivity contribution in [2.24, 2.45) is 7.05 Å². The predicted octanol–water partition coefficient (Wildman–Crippen LogP) is 4.57. The molecule has 6 rings (SSSR count). The first-order valence-electron chi connectivity index (χ1n) is 9.62. The molecule has 1 aromatic carbocycles. The molecule has 0 fully saturated rings. The Balaban J connectivity index is 1.52. The Morgan fingerprint density at radius 1 is 0.900 bits per heavy atom. The third kappa shape index (κ3) is 2.60. The number of H-pyrrole nitrogens is 2. The second kappa shape index (κ2) is 6.38. The van der Waals surface area contributed by atoms with E-state index in [-0.39, 0.29) is 0 Å². The van der Waals surface area contributed by atoms with Gasteiger partial charge in [-0.15, -0.1) is 0 Å². The van der Waals surface area contributed by atoms with E-state index < -0.39 is 0 Å². The summed E-state index contributed by atoms with van der Waals surface area (Å²) in [5, 5.41) is 14.0. The lowest BCUT2D eigenvalue weighted by Gasteiger charge is -2.02. The molecule has 30 heavy (non-hydrogen) atoms. The molecule has 7 heteroatoms. The van der Waals surface area contributed by atoms with E-state index >= 15 is 0 Å². The van der Waals surface area contributed by atoms with Crippen molar-refractivity contribution < 1.29 is 0 Å². The Morgan fingerprint density at radius 3 is 2.70 bits per heavy atom. The number of nitrogens with zero attached hydrogens (tertiary/aromatic N) is 5. The Bertz CT molecular complexity index is 1510. The van der Waals surface area contributed by atoms with Crippen molar-refractivity contribution in [1.29, 1.82) is 0 Å². The van der Waals surface area contributed by atoms with Gasteiger partial charge in [0.2, 0.25) is 0 Å². The number of hydrogen-bond donors (Lipinski definition) is 2. The van der Waals surface area contributed by atoms with E-state index in [1.54, 1.807) is 10.9 Å². The van der Waals surface area contributed by atoms with Gasteiger partial charge in [-0.3, -0.25) is 14.8 Å². The highest BCUT2D eigenvalue weighted by Crippen LogP contribution is 2.34. The fourth-order valence-corrected chi connectivity index (χ4v) is 3.89. The molecule has 144 valence electrons. The highest BCUT2D eigenvalue weighted by Gasteiger charge is 2.15. The van der Waals surface area contributed by atoms with Gasteiger partial charge in [-0.25, -0.2) is 4.98 Å². The van der Waals surface area contributed by atoms with Crippen molar-refractivity contribution in [3.63, 3.8) is 0 Å². The average Bonchev–Trinajstić information content (AvgIpc) is 3.50. The van der Waals surface area contributed by atoms with E-state index in [0.29, 0.717) is 0 Å². The van der Waals surface area contributed by atoms with Crippen molar-refractivity contribution in [2.45, 2.75) is 0 Å². The second-order valence-electron chi connectivity index (χ2n) is 7.29. The molecule has 0 saturated carbocycles. The SMILES string of the molecule is Cn1cc(-c2cnc3[nH]nc(-c4cc5c(-c6cccnc6)cccc5[nH]4)c3c2)cn1. The quantitative estimate of drug-likeness (QED) is 0.463. The van der Waals surface area contributed by atoms with Gasteiger partial charge in [-0.1, -0.05) is 18.2 Å². The zero-order valence-corrected chi connectivity index (χ0v) is 16.2. The number of rotatable bonds is 3. The van der Waals surface area contributed by atoms with Crippen LogP contribution < -0.4 is 0 Å². The van der Waals surface area contributed by atoms with Crippen LogP contribution in [0.4, 0.5) is 0 Å². The molecule has 5 heterocycles.